The third-order valence-corrected chi connectivity index (χ3v) is 4.50. The Bertz CT molecular complexity index is 962. The van der Waals surface area contributed by atoms with Crippen LogP contribution in [-0.4, -0.2) is 34.1 Å². The van der Waals surface area contributed by atoms with E-state index in [1.807, 2.05) is 24.3 Å². The van der Waals surface area contributed by atoms with E-state index < -0.39 is 16.7 Å². The zero-order valence-corrected chi connectivity index (χ0v) is 16.7. The Kier molecular flexibility index (Phi) is 6.79. The lowest BCUT2D eigenvalue weighted by atomic mass is 10.1. The predicted molar refractivity (Wildman–Crippen MR) is 113 cm³/mol. The van der Waals surface area contributed by atoms with Crippen LogP contribution in [0.4, 0.5) is 28.1 Å². The fraction of sp³-hybridized carbons (Fsp3) is 0.350. The van der Waals surface area contributed by atoms with Crippen molar-refractivity contribution in [3.8, 4) is 0 Å². The molecule has 0 saturated carbocycles. The number of benzene rings is 1. The molecule has 0 radical (unpaired) electrons. The molecule has 2 heterocycles. The topological polar surface area (TPSA) is 137 Å². The van der Waals surface area contributed by atoms with Gasteiger partial charge in [-0.25, -0.2) is 4.79 Å². The Labute approximate surface area is 173 Å². The van der Waals surface area contributed by atoms with Crippen molar-refractivity contribution in [3.63, 3.8) is 0 Å². The number of ether oxygens (including phenoxy) is 1. The van der Waals surface area contributed by atoms with Gasteiger partial charge in [0.25, 0.3) is 0 Å². The molecular formula is C20H24N6O4. The van der Waals surface area contributed by atoms with Crippen molar-refractivity contribution in [2.75, 3.05) is 29.1 Å². The highest BCUT2D eigenvalue weighted by molar-refractivity contribution is 5.91. The maximum atomic E-state index is 12.7. The number of amides is 1. The molecule has 2 aromatic rings. The molecule has 1 aromatic carbocycles. The zero-order valence-electron chi connectivity index (χ0n) is 16.7. The molecule has 10 heteroatoms. The summed E-state index contributed by atoms with van der Waals surface area (Å²) in [5.74, 6) is -0.401. The molecule has 30 heavy (non-hydrogen) atoms. The van der Waals surface area contributed by atoms with Crippen molar-refractivity contribution >= 4 is 29.4 Å². The molecule has 0 atom stereocenters. The standard InChI is InChI=1S/C20H24N6O4/c1-2-30-20(27)25-13-15-10-7-9-14(12-15)8-5-3-4-6-11-22-19-23-17(21)16(26(28)29)18(25)24-19/h3,5,7,9-10,12H,2,4,6,8,11,13H2,1H3,(H3,21,22,23,24)/b5-3+. The van der Waals surface area contributed by atoms with Crippen LogP contribution in [0, 0.1) is 10.1 Å². The molecule has 4 bridgehead atoms. The van der Waals surface area contributed by atoms with Crippen LogP contribution in [0.2, 0.25) is 0 Å². The first-order chi connectivity index (χ1) is 14.5. The number of nitrogens with zero attached hydrogens (tertiary/aromatic N) is 4. The Morgan fingerprint density at radius 3 is 2.90 bits per heavy atom. The summed E-state index contributed by atoms with van der Waals surface area (Å²) >= 11 is 0. The van der Waals surface area contributed by atoms with E-state index in [0.717, 1.165) is 35.3 Å². The Hall–Kier alpha value is -3.69. The smallest absolute Gasteiger partial charge is 0.415 e. The third-order valence-electron chi connectivity index (χ3n) is 4.50. The van der Waals surface area contributed by atoms with Gasteiger partial charge in [0.05, 0.1) is 18.1 Å². The number of fused-ring (bicyclic) bond motifs is 4. The highest BCUT2D eigenvalue weighted by Gasteiger charge is 2.32. The zero-order chi connectivity index (χ0) is 21.5. The second-order valence-corrected chi connectivity index (χ2v) is 6.71. The highest BCUT2D eigenvalue weighted by Crippen LogP contribution is 2.33. The first-order valence-electron chi connectivity index (χ1n) is 9.72. The lowest BCUT2D eigenvalue weighted by Gasteiger charge is -2.22. The van der Waals surface area contributed by atoms with Gasteiger partial charge >= 0.3 is 11.8 Å². The summed E-state index contributed by atoms with van der Waals surface area (Å²) in [5, 5.41) is 14.7. The number of nitro groups is 1. The van der Waals surface area contributed by atoms with Crippen LogP contribution in [0.5, 0.6) is 0 Å². The fourth-order valence-corrected chi connectivity index (χ4v) is 3.12. The maximum Gasteiger partial charge on any atom is 0.415 e. The molecule has 158 valence electrons. The molecule has 0 unspecified atom stereocenters. The number of nitrogens with one attached hydrogen (secondary N) is 1. The van der Waals surface area contributed by atoms with Crippen LogP contribution < -0.4 is 16.0 Å². The van der Waals surface area contributed by atoms with E-state index in [1.54, 1.807) is 6.92 Å². The summed E-state index contributed by atoms with van der Waals surface area (Å²) in [6, 6.07) is 7.67. The summed E-state index contributed by atoms with van der Waals surface area (Å²) in [6.07, 6.45) is 5.88. The number of aromatic nitrogens is 2. The van der Waals surface area contributed by atoms with E-state index in [4.69, 9.17) is 10.5 Å². The van der Waals surface area contributed by atoms with Crippen molar-refractivity contribution in [1.29, 1.82) is 0 Å². The molecule has 3 N–H and O–H groups in total. The fourth-order valence-electron chi connectivity index (χ4n) is 3.12. The summed E-state index contributed by atoms with van der Waals surface area (Å²) in [6.45, 7) is 2.36. The van der Waals surface area contributed by atoms with Gasteiger partial charge in [0.15, 0.2) is 0 Å². The molecule has 0 spiro atoms. The van der Waals surface area contributed by atoms with Crippen LogP contribution in [0.15, 0.2) is 36.4 Å². The van der Waals surface area contributed by atoms with Crippen LogP contribution in [0.1, 0.15) is 30.9 Å². The number of allylic oxidation sites excluding steroid dienone is 2. The normalized spacial score (nSPS) is 15.3. The van der Waals surface area contributed by atoms with Gasteiger partial charge in [-0.15, -0.1) is 0 Å². The molecular weight excluding hydrogens is 388 g/mol. The largest absolute Gasteiger partial charge is 0.449 e. The quantitative estimate of drug-likeness (QED) is 0.435. The van der Waals surface area contributed by atoms with Gasteiger partial charge in [-0.3, -0.25) is 15.0 Å². The van der Waals surface area contributed by atoms with E-state index in [2.05, 4.69) is 27.4 Å². The number of carbonyl (C=O) groups is 1. The SMILES string of the molecule is CCOC(=O)N1Cc2cccc(c2)C/C=C/CCCNc2nc(N)c([N+](=O)[O-])c1n2. The second kappa shape index (κ2) is 9.68. The summed E-state index contributed by atoms with van der Waals surface area (Å²) < 4.78 is 5.15. The monoisotopic (exact) mass is 412 g/mol. The minimum Gasteiger partial charge on any atom is -0.449 e. The first kappa shape index (κ1) is 21.0. The average molecular weight is 412 g/mol. The number of carbonyl (C=O) groups excluding carboxylic acids is 1. The van der Waals surface area contributed by atoms with Gasteiger partial charge in [-0.05, 0) is 37.3 Å². The number of hydrogen-bond donors (Lipinski definition) is 2. The predicted octanol–water partition coefficient (Wildman–Crippen LogP) is 3.43. The van der Waals surface area contributed by atoms with Gasteiger partial charge in [0, 0.05) is 6.54 Å². The van der Waals surface area contributed by atoms with Gasteiger partial charge in [-0.1, -0.05) is 36.4 Å². The molecule has 1 aromatic heterocycles. The van der Waals surface area contributed by atoms with E-state index in [9.17, 15) is 14.9 Å². The molecule has 3 rings (SSSR count). The van der Waals surface area contributed by atoms with Crippen LogP contribution in [0.25, 0.3) is 0 Å². The molecule has 1 amide bonds. The molecule has 0 fully saturated rings. The average Bonchev–Trinajstić information content (AvgIpc) is 2.70. The summed E-state index contributed by atoms with van der Waals surface area (Å²) in [5.41, 5.74) is 7.19. The molecule has 1 aliphatic heterocycles. The number of anilines is 3. The Morgan fingerprint density at radius 2 is 2.13 bits per heavy atom. The second-order valence-electron chi connectivity index (χ2n) is 6.71. The molecule has 1 aliphatic rings. The van der Waals surface area contributed by atoms with Gasteiger partial charge in [0.1, 0.15) is 0 Å². The lowest BCUT2D eigenvalue weighted by molar-refractivity contribution is -0.383. The third kappa shape index (κ3) is 5.02. The minimum atomic E-state index is -0.751. The lowest BCUT2D eigenvalue weighted by Crippen LogP contribution is -2.33. The summed E-state index contributed by atoms with van der Waals surface area (Å²) in [7, 11) is 0. The number of rotatable bonds is 2. The van der Waals surface area contributed by atoms with Gasteiger partial charge in [-0.2, -0.15) is 9.97 Å². The van der Waals surface area contributed by atoms with Crippen molar-refractivity contribution < 1.29 is 14.5 Å². The maximum absolute atomic E-state index is 12.7. The highest BCUT2D eigenvalue weighted by atomic mass is 16.6. The van der Waals surface area contributed by atoms with E-state index in [0.29, 0.717) is 6.54 Å². The van der Waals surface area contributed by atoms with Crippen molar-refractivity contribution in [1.82, 2.24) is 9.97 Å². The molecule has 10 nitrogen and oxygen atoms in total. The molecule has 0 saturated heterocycles. The number of hydrogen-bond acceptors (Lipinski definition) is 8. The number of nitrogen functional groups attached to an aromatic ring is 1. The number of nitrogens with two attached hydrogens (primary N) is 1. The van der Waals surface area contributed by atoms with Crippen LogP contribution in [0.3, 0.4) is 0 Å². The van der Waals surface area contributed by atoms with Gasteiger partial charge in [0.2, 0.25) is 17.6 Å². The Balaban J connectivity index is 2.14. The summed E-state index contributed by atoms with van der Waals surface area (Å²) in [4.78, 5) is 33.1. The van der Waals surface area contributed by atoms with Crippen molar-refractivity contribution in [2.24, 2.45) is 0 Å². The Morgan fingerprint density at radius 1 is 1.33 bits per heavy atom. The molecule has 0 aliphatic carbocycles. The van der Waals surface area contributed by atoms with Crippen molar-refractivity contribution in [2.45, 2.75) is 32.7 Å². The minimum absolute atomic E-state index is 0.0348. The van der Waals surface area contributed by atoms with Crippen LogP contribution in [-0.2, 0) is 17.7 Å². The van der Waals surface area contributed by atoms with Crippen molar-refractivity contribution in [3.05, 3.63) is 57.7 Å². The van der Waals surface area contributed by atoms with E-state index >= 15 is 0 Å². The van der Waals surface area contributed by atoms with E-state index in [-0.39, 0.29) is 30.7 Å². The first-order valence-corrected chi connectivity index (χ1v) is 9.72. The van der Waals surface area contributed by atoms with Gasteiger partial charge < -0.3 is 15.8 Å². The van der Waals surface area contributed by atoms with Crippen LogP contribution >= 0.6 is 0 Å². The van der Waals surface area contributed by atoms with E-state index in [1.165, 1.54) is 0 Å².